The molecular formula is C24H23N3O2S. The van der Waals surface area contributed by atoms with Gasteiger partial charge >= 0.3 is 0 Å². The van der Waals surface area contributed by atoms with Crippen LogP contribution < -0.4 is 10.3 Å². The van der Waals surface area contributed by atoms with Crippen molar-refractivity contribution >= 4 is 21.6 Å². The Labute approximate surface area is 179 Å². The average molecular weight is 418 g/mol. The van der Waals surface area contributed by atoms with E-state index in [1.807, 2.05) is 36.4 Å². The second kappa shape index (κ2) is 8.05. The molecule has 2 aromatic carbocycles. The zero-order valence-electron chi connectivity index (χ0n) is 16.8. The molecule has 152 valence electrons. The van der Waals surface area contributed by atoms with E-state index in [0.717, 1.165) is 46.2 Å². The van der Waals surface area contributed by atoms with Gasteiger partial charge in [-0.2, -0.15) is 0 Å². The molecule has 5 rings (SSSR count). The zero-order valence-corrected chi connectivity index (χ0v) is 17.6. The summed E-state index contributed by atoms with van der Waals surface area (Å²) in [6, 6.07) is 20.7. The van der Waals surface area contributed by atoms with Crippen molar-refractivity contribution in [1.29, 1.82) is 0 Å². The van der Waals surface area contributed by atoms with E-state index in [-0.39, 0.29) is 5.56 Å². The lowest BCUT2D eigenvalue weighted by atomic mass is 10.0. The second-order valence-corrected chi connectivity index (χ2v) is 8.64. The third-order valence-corrected chi connectivity index (χ3v) is 6.80. The monoisotopic (exact) mass is 417 g/mol. The second-order valence-electron chi connectivity index (χ2n) is 7.61. The van der Waals surface area contributed by atoms with Crippen LogP contribution in [0.4, 0.5) is 0 Å². The fraction of sp³-hybridized carbons (Fsp3) is 0.250. The van der Waals surface area contributed by atoms with Gasteiger partial charge in [-0.1, -0.05) is 42.5 Å². The molecule has 0 aliphatic carbocycles. The summed E-state index contributed by atoms with van der Waals surface area (Å²) in [4.78, 5) is 24.8. The van der Waals surface area contributed by atoms with Gasteiger partial charge in [-0.05, 0) is 48.7 Å². The van der Waals surface area contributed by atoms with Crippen molar-refractivity contribution < 1.29 is 4.74 Å². The Morgan fingerprint density at radius 3 is 2.73 bits per heavy atom. The molecule has 3 heterocycles. The number of methoxy groups -OCH3 is 1. The largest absolute Gasteiger partial charge is 0.497 e. The van der Waals surface area contributed by atoms with Gasteiger partial charge in [0.25, 0.3) is 5.56 Å². The van der Waals surface area contributed by atoms with Crippen molar-refractivity contribution in [2.24, 2.45) is 0 Å². The minimum Gasteiger partial charge on any atom is -0.497 e. The van der Waals surface area contributed by atoms with Crippen LogP contribution in [0.5, 0.6) is 5.75 Å². The molecule has 30 heavy (non-hydrogen) atoms. The summed E-state index contributed by atoms with van der Waals surface area (Å²) in [5.41, 5.74) is 2.33. The predicted octanol–water partition coefficient (Wildman–Crippen LogP) is 5.00. The minimum absolute atomic E-state index is 0.0615. The summed E-state index contributed by atoms with van der Waals surface area (Å²) >= 11 is 1.57. The molecule has 1 N–H and O–H groups in total. The number of hydrogen-bond donors (Lipinski definition) is 1. The maximum absolute atomic E-state index is 12.7. The number of benzene rings is 2. The number of rotatable bonds is 5. The van der Waals surface area contributed by atoms with Gasteiger partial charge in [-0.3, -0.25) is 9.69 Å². The number of aromatic nitrogens is 2. The van der Waals surface area contributed by atoms with Crippen LogP contribution in [0.15, 0.2) is 65.5 Å². The molecule has 6 heteroatoms. The first kappa shape index (κ1) is 19.0. The van der Waals surface area contributed by atoms with Crippen molar-refractivity contribution in [3.63, 3.8) is 0 Å². The Balaban J connectivity index is 1.42. The highest BCUT2D eigenvalue weighted by Crippen LogP contribution is 2.34. The molecule has 1 saturated heterocycles. The molecule has 1 fully saturated rings. The molecule has 1 aliphatic heterocycles. The van der Waals surface area contributed by atoms with Gasteiger partial charge < -0.3 is 9.72 Å². The number of fused-ring (bicyclic) bond motifs is 1. The number of nitrogens with zero attached hydrogens (tertiary/aromatic N) is 2. The number of likely N-dealkylation sites (tertiary alicyclic amines) is 1. The van der Waals surface area contributed by atoms with Crippen LogP contribution >= 0.6 is 11.3 Å². The van der Waals surface area contributed by atoms with E-state index in [1.54, 1.807) is 18.4 Å². The third-order valence-electron chi connectivity index (χ3n) is 5.73. The molecule has 0 unspecified atom stereocenters. The van der Waals surface area contributed by atoms with E-state index in [4.69, 9.17) is 9.72 Å². The molecule has 4 aromatic rings. The maximum Gasteiger partial charge on any atom is 0.259 e. The Morgan fingerprint density at radius 1 is 1.17 bits per heavy atom. The van der Waals surface area contributed by atoms with Gasteiger partial charge in [-0.15, -0.1) is 11.3 Å². The van der Waals surface area contributed by atoms with E-state index >= 15 is 0 Å². The smallest absolute Gasteiger partial charge is 0.259 e. The lowest BCUT2D eigenvalue weighted by Crippen LogP contribution is -2.25. The van der Waals surface area contributed by atoms with Gasteiger partial charge in [0.05, 0.1) is 19.0 Å². The van der Waals surface area contributed by atoms with Crippen molar-refractivity contribution in [2.45, 2.75) is 25.4 Å². The van der Waals surface area contributed by atoms with Crippen molar-refractivity contribution in [2.75, 3.05) is 13.7 Å². The van der Waals surface area contributed by atoms with E-state index in [0.29, 0.717) is 18.0 Å². The summed E-state index contributed by atoms with van der Waals surface area (Å²) in [6.45, 7) is 1.64. The molecule has 0 radical (unpaired) electrons. The number of ether oxygens (including phenoxy) is 1. The van der Waals surface area contributed by atoms with Crippen LogP contribution in [0.2, 0.25) is 0 Å². The maximum atomic E-state index is 12.7. The van der Waals surface area contributed by atoms with Crippen LogP contribution in [0, 0.1) is 0 Å². The third kappa shape index (κ3) is 3.64. The standard InChI is InChI=1S/C24H23N3O2S/c1-29-18-11-9-16(10-12-18)20-8-5-13-27(20)15-22-25-23(28)19-14-21(30-24(19)26-22)17-6-3-2-4-7-17/h2-4,6-7,9-12,14,20H,5,8,13,15H2,1H3,(H,25,26,28)/t20-/m1/s1. The fourth-order valence-corrected chi connectivity index (χ4v) is 5.26. The van der Waals surface area contributed by atoms with Crippen molar-refractivity contribution in [3.8, 4) is 16.2 Å². The van der Waals surface area contributed by atoms with Crippen LogP contribution in [-0.4, -0.2) is 28.5 Å². The Morgan fingerprint density at radius 2 is 1.97 bits per heavy atom. The molecule has 0 saturated carbocycles. The van der Waals surface area contributed by atoms with Crippen LogP contribution in [0.1, 0.15) is 30.3 Å². The molecule has 1 atom stereocenters. The number of thiophene rings is 1. The van der Waals surface area contributed by atoms with Crippen molar-refractivity contribution in [1.82, 2.24) is 14.9 Å². The van der Waals surface area contributed by atoms with Gasteiger partial charge in [-0.25, -0.2) is 4.98 Å². The number of H-pyrrole nitrogens is 1. The highest BCUT2D eigenvalue weighted by atomic mass is 32.1. The lowest BCUT2D eigenvalue weighted by Gasteiger charge is -2.24. The van der Waals surface area contributed by atoms with E-state index in [1.165, 1.54) is 5.56 Å². The van der Waals surface area contributed by atoms with Crippen molar-refractivity contribution in [3.05, 3.63) is 82.4 Å². The molecule has 0 amide bonds. The quantitative estimate of drug-likeness (QED) is 0.497. The number of hydrogen-bond acceptors (Lipinski definition) is 5. The molecular weight excluding hydrogens is 394 g/mol. The van der Waals surface area contributed by atoms with Gasteiger partial charge in [0, 0.05) is 10.9 Å². The lowest BCUT2D eigenvalue weighted by molar-refractivity contribution is 0.242. The first-order valence-corrected chi connectivity index (χ1v) is 11.0. The molecule has 1 aliphatic rings. The summed E-state index contributed by atoms with van der Waals surface area (Å²) < 4.78 is 5.28. The van der Waals surface area contributed by atoms with E-state index < -0.39 is 0 Å². The van der Waals surface area contributed by atoms with Crippen LogP contribution in [-0.2, 0) is 6.54 Å². The highest BCUT2D eigenvalue weighted by Gasteiger charge is 2.27. The van der Waals surface area contributed by atoms with Crippen LogP contribution in [0.25, 0.3) is 20.7 Å². The number of aromatic amines is 1. The van der Waals surface area contributed by atoms with Crippen LogP contribution in [0.3, 0.4) is 0 Å². The Kier molecular flexibility index (Phi) is 5.11. The van der Waals surface area contributed by atoms with E-state index in [2.05, 4.69) is 34.1 Å². The number of nitrogens with one attached hydrogen (secondary N) is 1. The van der Waals surface area contributed by atoms with Gasteiger partial charge in [0.15, 0.2) is 0 Å². The topological polar surface area (TPSA) is 58.2 Å². The summed E-state index contributed by atoms with van der Waals surface area (Å²) in [5, 5.41) is 0.663. The molecule has 2 aromatic heterocycles. The van der Waals surface area contributed by atoms with Gasteiger partial charge in [0.2, 0.25) is 0 Å². The Bertz CT molecular complexity index is 1210. The normalized spacial score (nSPS) is 16.9. The fourth-order valence-electron chi connectivity index (χ4n) is 4.21. The Hall–Kier alpha value is -2.96. The summed E-state index contributed by atoms with van der Waals surface area (Å²) in [5.74, 6) is 1.60. The highest BCUT2D eigenvalue weighted by molar-refractivity contribution is 7.21. The summed E-state index contributed by atoms with van der Waals surface area (Å²) in [6.07, 6.45) is 2.25. The van der Waals surface area contributed by atoms with Gasteiger partial charge in [0.1, 0.15) is 16.4 Å². The predicted molar refractivity (Wildman–Crippen MR) is 121 cm³/mol. The summed E-state index contributed by atoms with van der Waals surface area (Å²) in [7, 11) is 1.68. The first-order valence-electron chi connectivity index (χ1n) is 10.2. The first-order chi connectivity index (χ1) is 14.7. The van der Waals surface area contributed by atoms with E-state index in [9.17, 15) is 4.79 Å². The zero-order chi connectivity index (χ0) is 20.5. The molecule has 0 bridgehead atoms. The minimum atomic E-state index is -0.0615. The molecule has 5 nitrogen and oxygen atoms in total. The average Bonchev–Trinajstić information content (AvgIpc) is 3.42. The molecule has 0 spiro atoms. The SMILES string of the molecule is COc1ccc([C@H]2CCCN2Cc2nc3sc(-c4ccccc4)cc3c(=O)[nH]2)cc1.